The highest BCUT2D eigenvalue weighted by molar-refractivity contribution is 5.92. The predicted molar refractivity (Wildman–Crippen MR) is 59.9 cm³/mol. The van der Waals surface area contributed by atoms with E-state index in [9.17, 15) is 20.2 Å². The Morgan fingerprint density at radius 3 is 2.60 bits per heavy atom. The number of aromatic amines is 1. The molecule has 0 amide bonds. The van der Waals surface area contributed by atoms with Gasteiger partial charge in [-0.3, -0.25) is 20.2 Å². The summed E-state index contributed by atoms with van der Waals surface area (Å²) in [7, 11) is 0. The van der Waals surface area contributed by atoms with E-state index in [0.29, 0.717) is 0 Å². The van der Waals surface area contributed by atoms with Crippen LogP contribution in [0.2, 0.25) is 0 Å². The Labute approximate surface area is 107 Å². The van der Waals surface area contributed by atoms with E-state index in [1.807, 2.05) is 0 Å². The number of nitrogens with zero attached hydrogens (tertiary/aromatic N) is 8. The molecule has 20 heavy (non-hydrogen) atoms. The molecular formula is C7H3N9O4. The lowest BCUT2D eigenvalue weighted by Crippen LogP contribution is -2.06. The summed E-state index contributed by atoms with van der Waals surface area (Å²) < 4.78 is 0.838. The van der Waals surface area contributed by atoms with Crippen LogP contribution >= 0.6 is 0 Å². The third-order valence-corrected chi connectivity index (χ3v) is 2.50. The molecule has 0 aliphatic rings. The number of tetrazole rings is 1. The van der Waals surface area contributed by atoms with Crippen molar-refractivity contribution in [3.8, 4) is 5.69 Å². The number of rotatable bonds is 3. The average Bonchev–Trinajstić information content (AvgIpc) is 3.06. The highest BCUT2D eigenvalue weighted by atomic mass is 16.6. The summed E-state index contributed by atoms with van der Waals surface area (Å²) in [5.41, 5.74) is -1.65. The first-order valence-corrected chi connectivity index (χ1v) is 4.99. The first kappa shape index (κ1) is 11.6. The Kier molecular flexibility index (Phi) is 2.32. The van der Waals surface area contributed by atoms with Gasteiger partial charge in [0.15, 0.2) is 5.52 Å². The van der Waals surface area contributed by atoms with Crippen molar-refractivity contribution < 1.29 is 9.85 Å². The molecule has 0 saturated carbocycles. The SMILES string of the molecule is O=[N+]([O-])c1cc2n[nH]nc2c([N+](=O)[O-])c1-n1cnnn1. The molecule has 100 valence electrons. The van der Waals surface area contributed by atoms with Crippen LogP contribution in [0.5, 0.6) is 0 Å². The van der Waals surface area contributed by atoms with Crippen molar-refractivity contribution in [2.75, 3.05) is 0 Å². The number of H-pyrrole nitrogens is 1. The number of hydrogen-bond donors (Lipinski definition) is 1. The zero-order valence-corrected chi connectivity index (χ0v) is 9.37. The van der Waals surface area contributed by atoms with E-state index in [1.165, 1.54) is 0 Å². The van der Waals surface area contributed by atoms with Gasteiger partial charge < -0.3 is 0 Å². The van der Waals surface area contributed by atoms with Crippen molar-refractivity contribution in [1.29, 1.82) is 0 Å². The summed E-state index contributed by atoms with van der Waals surface area (Å²) in [4.78, 5) is 20.7. The van der Waals surface area contributed by atoms with Gasteiger partial charge >= 0.3 is 11.4 Å². The molecule has 0 radical (unpaired) electrons. The molecule has 0 bridgehead atoms. The Balaban J connectivity index is 2.50. The number of nitro groups is 2. The standard InChI is InChI=1S/C7H3N9O4/c17-15(18)4-1-3-5(10-12-9-3)7(16(19)20)6(4)14-2-8-11-13-14/h1-2H,(H,9,10,12). The molecule has 3 rings (SSSR count). The lowest BCUT2D eigenvalue weighted by molar-refractivity contribution is -0.392. The molecule has 2 aromatic heterocycles. The molecule has 0 aliphatic carbocycles. The Bertz CT molecular complexity index is 822. The van der Waals surface area contributed by atoms with E-state index >= 15 is 0 Å². The largest absolute Gasteiger partial charge is 0.331 e. The van der Waals surface area contributed by atoms with E-state index in [-0.39, 0.29) is 16.7 Å². The monoisotopic (exact) mass is 277 g/mol. The van der Waals surface area contributed by atoms with Crippen LogP contribution in [-0.4, -0.2) is 45.5 Å². The summed E-state index contributed by atoms with van der Waals surface area (Å²) in [6.45, 7) is 0. The second-order valence-electron chi connectivity index (χ2n) is 3.55. The van der Waals surface area contributed by atoms with E-state index in [0.717, 1.165) is 17.1 Å². The molecule has 0 spiro atoms. The summed E-state index contributed by atoms with van der Waals surface area (Å²) in [5.74, 6) is 0. The number of aromatic nitrogens is 7. The maximum atomic E-state index is 11.2. The van der Waals surface area contributed by atoms with Crippen molar-refractivity contribution in [3.05, 3.63) is 32.6 Å². The first-order valence-electron chi connectivity index (χ1n) is 4.99. The number of nitro benzene ring substituents is 2. The number of hydrogen-bond acceptors (Lipinski definition) is 9. The lowest BCUT2D eigenvalue weighted by Gasteiger charge is -2.02. The van der Waals surface area contributed by atoms with Gasteiger partial charge in [-0.25, -0.2) is 0 Å². The molecule has 0 unspecified atom stereocenters. The molecule has 2 heterocycles. The first-order chi connectivity index (χ1) is 9.59. The van der Waals surface area contributed by atoms with Gasteiger partial charge in [-0.2, -0.15) is 15.0 Å². The van der Waals surface area contributed by atoms with Crippen LogP contribution in [0.1, 0.15) is 0 Å². The molecule has 0 fully saturated rings. The van der Waals surface area contributed by atoms with Gasteiger partial charge in [-0.15, -0.1) is 10.2 Å². The van der Waals surface area contributed by atoms with Crippen molar-refractivity contribution in [2.24, 2.45) is 0 Å². The van der Waals surface area contributed by atoms with E-state index < -0.39 is 21.2 Å². The van der Waals surface area contributed by atoms with Crippen LogP contribution in [0.25, 0.3) is 16.7 Å². The van der Waals surface area contributed by atoms with Crippen LogP contribution in [0.3, 0.4) is 0 Å². The minimum atomic E-state index is -0.797. The summed E-state index contributed by atoms with van der Waals surface area (Å²) in [6, 6.07) is 1.06. The third kappa shape index (κ3) is 1.53. The summed E-state index contributed by atoms with van der Waals surface area (Å²) in [5, 5.41) is 41.8. The Morgan fingerprint density at radius 1 is 1.20 bits per heavy atom. The predicted octanol–water partition coefficient (Wildman–Crippen LogP) is -0.250. The molecule has 1 N–H and O–H groups in total. The number of fused-ring (bicyclic) bond motifs is 1. The average molecular weight is 277 g/mol. The summed E-state index contributed by atoms with van der Waals surface area (Å²) in [6.07, 6.45) is 1.02. The minimum Gasteiger partial charge on any atom is -0.258 e. The zero-order valence-electron chi connectivity index (χ0n) is 9.37. The highest BCUT2D eigenvalue weighted by Gasteiger charge is 2.33. The van der Waals surface area contributed by atoms with Gasteiger partial charge in [-0.1, -0.05) is 0 Å². The Morgan fingerprint density at radius 2 is 2.00 bits per heavy atom. The minimum absolute atomic E-state index is 0.000208. The fourth-order valence-corrected chi connectivity index (χ4v) is 1.75. The zero-order chi connectivity index (χ0) is 14.3. The highest BCUT2D eigenvalue weighted by Crippen LogP contribution is 2.36. The number of benzene rings is 1. The molecule has 13 heteroatoms. The Hall–Kier alpha value is -3.51. The van der Waals surface area contributed by atoms with Crippen LogP contribution in [0.4, 0.5) is 11.4 Å². The number of nitrogens with one attached hydrogen (secondary N) is 1. The van der Waals surface area contributed by atoms with Crippen LogP contribution in [0, 0.1) is 20.2 Å². The van der Waals surface area contributed by atoms with Gasteiger partial charge in [0.1, 0.15) is 11.8 Å². The fraction of sp³-hybridized carbons (Fsp3) is 0. The van der Waals surface area contributed by atoms with Gasteiger partial charge in [0.05, 0.1) is 9.85 Å². The maximum Gasteiger partial charge on any atom is 0.331 e. The van der Waals surface area contributed by atoms with Gasteiger partial charge in [-0.05, 0) is 10.4 Å². The smallest absolute Gasteiger partial charge is 0.258 e. The second kappa shape index (κ2) is 4.01. The fourth-order valence-electron chi connectivity index (χ4n) is 1.75. The summed E-state index contributed by atoms with van der Waals surface area (Å²) >= 11 is 0. The quantitative estimate of drug-likeness (QED) is 0.500. The second-order valence-corrected chi connectivity index (χ2v) is 3.55. The molecule has 0 aliphatic heterocycles. The van der Waals surface area contributed by atoms with Crippen molar-refractivity contribution in [3.63, 3.8) is 0 Å². The normalized spacial score (nSPS) is 10.8. The molecule has 1 aromatic carbocycles. The van der Waals surface area contributed by atoms with Gasteiger partial charge in [0, 0.05) is 6.07 Å². The third-order valence-electron chi connectivity index (χ3n) is 2.50. The van der Waals surface area contributed by atoms with Crippen molar-refractivity contribution in [1.82, 2.24) is 35.6 Å². The molecule has 0 atom stereocenters. The van der Waals surface area contributed by atoms with Crippen molar-refractivity contribution >= 4 is 22.4 Å². The topological polar surface area (TPSA) is 171 Å². The molecule has 0 saturated heterocycles. The molecule has 3 aromatic rings. The van der Waals surface area contributed by atoms with Gasteiger partial charge in [0.2, 0.25) is 5.69 Å². The van der Waals surface area contributed by atoms with Gasteiger partial charge in [0.25, 0.3) is 0 Å². The molecular weight excluding hydrogens is 274 g/mol. The van der Waals surface area contributed by atoms with Crippen LogP contribution in [0.15, 0.2) is 12.4 Å². The van der Waals surface area contributed by atoms with E-state index in [4.69, 9.17) is 0 Å². The van der Waals surface area contributed by atoms with Crippen LogP contribution in [-0.2, 0) is 0 Å². The van der Waals surface area contributed by atoms with E-state index in [2.05, 4.69) is 30.9 Å². The van der Waals surface area contributed by atoms with Crippen LogP contribution < -0.4 is 0 Å². The van der Waals surface area contributed by atoms with E-state index in [1.54, 1.807) is 0 Å². The maximum absolute atomic E-state index is 11.2. The lowest BCUT2D eigenvalue weighted by atomic mass is 10.2. The molecule has 13 nitrogen and oxygen atoms in total. The van der Waals surface area contributed by atoms with Crippen molar-refractivity contribution in [2.45, 2.75) is 0 Å².